The summed E-state index contributed by atoms with van der Waals surface area (Å²) in [7, 11) is -3.55. The quantitative estimate of drug-likeness (QED) is 0.555. The average molecular weight is 385 g/mol. The van der Waals surface area contributed by atoms with Gasteiger partial charge in [-0.25, -0.2) is 8.42 Å². The predicted octanol–water partition coefficient (Wildman–Crippen LogP) is 2.63. The molecule has 1 aliphatic rings. The number of sulfone groups is 1. The van der Waals surface area contributed by atoms with Gasteiger partial charge < -0.3 is 4.84 Å². The molecular formula is C17H24N2O4S2. The molecular weight excluding hydrogens is 360 g/mol. The second kappa shape index (κ2) is 7.80. The molecule has 0 radical (unpaired) electrons. The van der Waals surface area contributed by atoms with Crippen molar-refractivity contribution in [2.45, 2.75) is 50.4 Å². The fourth-order valence-electron chi connectivity index (χ4n) is 2.83. The molecule has 0 spiro atoms. The SMILES string of the molecule is CCCc1ccc(C2=NO[C@@H](C[C@](C)(C(=S)NO)S(C)(=O)=O)C2)cc1. The van der Waals surface area contributed by atoms with E-state index in [1.807, 2.05) is 12.1 Å². The highest BCUT2D eigenvalue weighted by Gasteiger charge is 2.44. The van der Waals surface area contributed by atoms with Gasteiger partial charge in [-0.1, -0.05) is 55.0 Å². The Morgan fingerprint density at radius 2 is 2.08 bits per heavy atom. The molecule has 2 rings (SSSR count). The molecule has 8 heteroatoms. The third kappa shape index (κ3) is 4.37. The van der Waals surface area contributed by atoms with Crippen molar-refractivity contribution in [2.24, 2.45) is 5.16 Å². The fraction of sp³-hybridized carbons (Fsp3) is 0.529. The van der Waals surface area contributed by atoms with Gasteiger partial charge in [0, 0.05) is 19.1 Å². The molecule has 0 unspecified atom stereocenters. The Balaban J connectivity index is 2.09. The van der Waals surface area contributed by atoms with Crippen molar-refractivity contribution in [3.05, 3.63) is 35.4 Å². The van der Waals surface area contributed by atoms with Crippen molar-refractivity contribution >= 4 is 32.8 Å². The van der Waals surface area contributed by atoms with Crippen molar-refractivity contribution in [1.29, 1.82) is 0 Å². The predicted molar refractivity (Wildman–Crippen MR) is 102 cm³/mol. The maximum absolute atomic E-state index is 12.2. The number of hydrogen-bond donors (Lipinski definition) is 2. The van der Waals surface area contributed by atoms with Crippen molar-refractivity contribution in [3.63, 3.8) is 0 Å². The van der Waals surface area contributed by atoms with Crippen LogP contribution in [0.3, 0.4) is 0 Å². The Morgan fingerprint density at radius 3 is 2.60 bits per heavy atom. The number of nitrogens with one attached hydrogen (secondary N) is 1. The molecule has 1 heterocycles. The lowest BCUT2D eigenvalue weighted by Gasteiger charge is -2.29. The summed E-state index contributed by atoms with van der Waals surface area (Å²) < 4.78 is 22.9. The van der Waals surface area contributed by atoms with Gasteiger partial charge in [0.15, 0.2) is 9.84 Å². The van der Waals surface area contributed by atoms with Crippen LogP contribution < -0.4 is 5.48 Å². The zero-order valence-electron chi connectivity index (χ0n) is 14.7. The molecule has 6 nitrogen and oxygen atoms in total. The molecule has 0 amide bonds. The van der Waals surface area contributed by atoms with E-state index >= 15 is 0 Å². The number of oxime groups is 1. The van der Waals surface area contributed by atoms with E-state index in [9.17, 15) is 8.42 Å². The molecule has 0 aromatic heterocycles. The first-order valence-electron chi connectivity index (χ1n) is 8.17. The number of thiocarbonyl (C=S) groups is 1. The molecule has 0 fully saturated rings. The molecule has 138 valence electrons. The van der Waals surface area contributed by atoms with Gasteiger partial charge in [-0.15, -0.1) is 0 Å². The van der Waals surface area contributed by atoms with Crippen molar-refractivity contribution in [3.8, 4) is 0 Å². The number of rotatable bonds is 7. The highest BCUT2D eigenvalue weighted by molar-refractivity contribution is 7.94. The third-order valence-electron chi connectivity index (χ3n) is 4.58. The topological polar surface area (TPSA) is 88.0 Å². The Hall–Kier alpha value is -1.51. The first-order valence-corrected chi connectivity index (χ1v) is 10.5. The summed E-state index contributed by atoms with van der Waals surface area (Å²) in [5.74, 6) is 0. The van der Waals surface area contributed by atoms with Crippen LogP contribution in [0.4, 0.5) is 0 Å². The van der Waals surface area contributed by atoms with Crippen LogP contribution >= 0.6 is 12.2 Å². The minimum atomic E-state index is -3.55. The standard InChI is InChI=1S/C17H24N2O4S2/c1-4-5-12-6-8-13(9-7-12)15-10-14(23-19-15)11-17(2,16(24)18-20)25(3,21)22/h6-9,14,20H,4-5,10-11H2,1-3H3,(H,18,24)/t14-,17-/m1/s1. The van der Waals surface area contributed by atoms with Gasteiger partial charge in [-0.05, 0) is 24.5 Å². The molecule has 2 atom stereocenters. The molecule has 0 bridgehead atoms. The van der Waals surface area contributed by atoms with E-state index in [2.05, 4.69) is 24.2 Å². The van der Waals surface area contributed by atoms with Gasteiger partial charge in [0.05, 0.1) is 5.71 Å². The van der Waals surface area contributed by atoms with Crippen LogP contribution in [-0.4, -0.2) is 41.4 Å². The number of nitrogens with zero attached hydrogens (tertiary/aromatic N) is 1. The van der Waals surface area contributed by atoms with Crippen LogP contribution in [0.15, 0.2) is 29.4 Å². The van der Waals surface area contributed by atoms with Crippen LogP contribution in [0, 0.1) is 0 Å². The Kier molecular flexibility index (Phi) is 6.18. The minimum Gasteiger partial charge on any atom is -0.392 e. The number of hydroxylamine groups is 1. The molecule has 1 aromatic carbocycles. The first kappa shape index (κ1) is 19.8. The van der Waals surface area contributed by atoms with Crippen LogP contribution in [-0.2, 0) is 21.1 Å². The third-order valence-corrected chi connectivity index (χ3v) is 7.25. The van der Waals surface area contributed by atoms with E-state index < -0.39 is 20.7 Å². The monoisotopic (exact) mass is 384 g/mol. The summed E-state index contributed by atoms with van der Waals surface area (Å²) in [5.41, 5.74) is 4.82. The molecule has 25 heavy (non-hydrogen) atoms. The Labute approximate surface area is 154 Å². The zero-order chi connectivity index (χ0) is 18.7. The maximum atomic E-state index is 12.2. The van der Waals surface area contributed by atoms with Gasteiger partial charge in [-0.3, -0.25) is 10.7 Å². The minimum absolute atomic E-state index is 0.110. The summed E-state index contributed by atoms with van der Waals surface area (Å²) in [5, 5.41) is 13.2. The number of hydrogen-bond acceptors (Lipinski definition) is 6. The summed E-state index contributed by atoms with van der Waals surface area (Å²) >= 11 is 5.00. The van der Waals surface area contributed by atoms with E-state index in [1.165, 1.54) is 12.5 Å². The molecule has 0 aliphatic carbocycles. The van der Waals surface area contributed by atoms with Crippen LogP contribution in [0.1, 0.15) is 44.2 Å². The lowest BCUT2D eigenvalue weighted by Crippen LogP contribution is -2.50. The lowest BCUT2D eigenvalue weighted by molar-refractivity contribution is 0.0750. The second-order valence-electron chi connectivity index (χ2n) is 6.56. The van der Waals surface area contributed by atoms with Gasteiger partial charge in [0.25, 0.3) is 0 Å². The zero-order valence-corrected chi connectivity index (χ0v) is 16.3. The smallest absolute Gasteiger partial charge is 0.159 e. The lowest BCUT2D eigenvalue weighted by atomic mass is 9.96. The summed E-state index contributed by atoms with van der Waals surface area (Å²) in [6.45, 7) is 3.62. The highest BCUT2D eigenvalue weighted by Crippen LogP contribution is 2.30. The van der Waals surface area contributed by atoms with E-state index in [4.69, 9.17) is 22.3 Å². The van der Waals surface area contributed by atoms with Crippen molar-refractivity contribution < 1.29 is 18.5 Å². The van der Waals surface area contributed by atoms with E-state index in [-0.39, 0.29) is 11.4 Å². The van der Waals surface area contributed by atoms with Gasteiger partial charge in [0.1, 0.15) is 15.8 Å². The van der Waals surface area contributed by atoms with Gasteiger partial charge in [-0.2, -0.15) is 0 Å². The average Bonchev–Trinajstić information content (AvgIpc) is 3.02. The highest BCUT2D eigenvalue weighted by atomic mass is 32.2. The maximum Gasteiger partial charge on any atom is 0.159 e. The van der Waals surface area contributed by atoms with Crippen LogP contribution in [0.25, 0.3) is 0 Å². The first-order chi connectivity index (χ1) is 11.7. The van der Waals surface area contributed by atoms with E-state index in [0.717, 1.165) is 30.4 Å². The fourth-order valence-corrected chi connectivity index (χ4v) is 4.23. The molecule has 2 N–H and O–H groups in total. The van der Waals surface area contributed by atoms with Crippen LogP contribution in [0.2, 0.25) is 0 Å². The molecule has 0 saturated carbocycles. The largest absolute Gasteiger partial charge is 0.392 e. The number of benzene rings is 1. The van der Waals surface area contributed by atoms with Crippen molar-refractivity contribution in [1.82, 2.24) is 5.48 Å². The van der Waals surface area contributed by atoms with E-state index in [1.54, 1.807) is 5.48 Å². The van der Waals surface area contributed by atoms with Gasteiger partial charge >= 0.3 is 0 Å². The van der Waals surface area contributed by atoms with Gasteiger partial charge in [0.2, 0.25) is 0 Å². The summed E-state index contributed by atoms with van der Waals surface area (Å²) in [6.07, 6.45) is 3.40. The molecule has 1 aromatic rings. The second-order valence-corrected chi connectivity index (χ2v) is 9.42. The van der Waals surface area contributed by atoms with E-state index in [0.29, 0.717) is 6.42 Å². The molecule has 0 saturated heterocycles. The Bertz CT molecular complexity index is 759. The summed E-state index contributed by atoms with van der Waals surface area (Å²) in [6, 6.07) is 8.15. The van der Waals surface area contributed by atoms with Crippen LogP contribution in [0.5, 0.6) is 0 Å². The van der Waals surface area contributed by atoms with Crippen molar-refractivity contribution in [2.75, 3.05) is 6.26 Å². The number of aryl methyl sites for hydroxylation is 1. The normalized spacial score (nSPS) is 19.7. The summed E-state index contributed by atoms with van der Waals surface area (Å²) in [4.78, 5) is 5.30. The Morgan fingerprint density at radius 1 is 1.44 bits per heavy atom. The molecule has 1 aliphatic heterocycles.